The van der Waals surface area contributed by atoms with E-state index in [1.807, 2.05) is 18.2 Å². The summed E-state index contributed by atoms with van der Waals surface area (Å²) in [6.07, 6.45) is 7.49. The van der Waals surface area contributed by atoms with Gasteiger partial charge < -0.3 is 15.1 Å². The van der Waals surface area contributed by atoms with Crippen LogP contribution in [0.3, 0.4) is 0 Å². The second-order valence-electron chi connectivity index (χ2n) is 7.38. The number of fused-ring (bicyclic) bond motifs is 1. The Morgan fingerprint density at radius 3 is 2.65 bits per heavy atom. The first kappa shape index (κ1) is 17.7. The lowest BCUT2D eigenvalue weighted by atomic mass is 10.1. The number of hydrogen-bond donors (Lipinski definition) is 1. The van der Waals surface area contributed by atoms with Gasteiger partial charge in [0.1, 0.15) is 0 Å². The monoisotopic (exact) mass is 372 g/mol. The van der Waals surface area contributed by atoms with Crippen LogP contribution in [0.5, 0.6) is 0 Å². The number of nitrogens with one attached hydrogen (secondary N) is 1. The highest BCUT2D eigenvalue weighted by molar-refractivity contribution is 7.22. The molecule has 0 spiro atoms. The van der Waals surface area contributed by atoms with Gasteiger partial charge in [-0.25, -0.2) is 4.98 Å². The summed E-state index contributed by atoms with van der Waals surface area (Å²) in [5.41, 5.74) is 1.74. The van der Waals surface area contributed by atoms with Crippen LogP contribution in [0.4, 0.5) is 5.13 Å². The molecule has 2 aromatic rings. The minimum Gasteiger partial charge on any atom is -0.352 e. The van der Waals surface area contributed by atoms with E-state index >= 15 is 0 Å². The zero-order valence-corrected chi connectivity index (χ0v) is 16.2. The van der Waals surface area contributed by atoms with Gasteiger partial charge in [-0.1, -0.05) is 11.3 Å². The van der Waals surface area contributed by atoms with Gasteiger partial charge in [0.25, 0.3) is 5.91 Å². The molecule has 0 atom stereocenters. The van der Waals surface area contributed by atoms with Gasteiger partial charge in [-0.05, 0) is 76.4 Å². The maximum atomic E-state index is 12.4. The van der Waals surface area contributed by atoms with Crippen LogP contribution in [-0.4, -0.2) is 55.1 Å². The molecule has 0 unspecified atom stereocenters. The number of likely N-dealkylation sites (tertiary alicyclic amines) is 1. The third-order valence-corrected chi connectivity index (χ3v) is 6.48. The Hall–Kier alpha value is -1.66. The number of thiazole rings is 1. The molecule has 2 fully saturated rings. The highest BCUT2D eigenvalue weighted by atomic mass is 32.1. The first-order valence-corrected chi connectivity index (χ1v) is 10.8. The fourth-order valence-corrected chi connectivity index (χ4v) is 4.94. The average molecular weight is 373 g/mol. The molecule has 2 aliphatic heterocycles. The van der Waals surface area contributed by atoms with Gasteiger partial charge >= 0.3 is 0 Å². The smallest absolute Gasteiger partial charge is 0.251 e. The second-order valence-corrected chi connectivity index (χ2v) is 8.39. The molecule has 140 valence electrons. The zero-order valence-electron chi connectivity index (χ0n) is 15.4. The van der Waals surface area contributed by atoms with Crippen LogP contribution < -0.4 is 10.2 Å². The lowest BCUT2D eigenvalue weighted by Gasteiger charge is -2.25. The molecule has 2 aliphatic rings. The van der Waals surface area contributed by atoms with Gasteiger partial charge in [0.15, 0.2) is 5.13 Å². The van der Waals surface area contributed by atoms with E-state index in [-0.39, 0.29) is 5.91 Å². The normalized spacial score (nSPS) is 18.5. The number of aromatic nitrogens is 1. The number of hydrogen-bond acceptors (Lipinski definition) is 5. The summed E-state index contributed by atoms with van der Waals surface area (Å²) in [5, 5.41) is 4.17. The van der Waals surface area contributed by atoms with E-state index in [0.717, 1.165) is 53.5 Å². The summed E-state index contributed by atoms with van der Waals surface area (Å²) in [4.78, 5) is 22.1. The number of piperidine rings is 1. The van der Waals surface area contributed by atoms with Crippen molar-refractivity contribution in [2.75, 3.05) is 44.2 Å². The summed E-state index contributed by atoms with van der Waals surface area (Å²) in [6, 6.07) is 5.88. The molecule has 3 heterocycles. The molecule has 1 aromatic heterocycles. The van der Waals surface area contributed by atoms with E-state index in [2.05, 4.69) is 15.1 Å². The van der Waals surface area contributed by atoms with Gasteiger partial charge in [-0.3, -0.25) is 4.79 Å². The van der Waals surface area contributed by atoms with Crippen LogP contribution in [0.1, 0.15) is 48.9 Å². The Labute approximate surface area is 159 Å². The summed E-state index contributed by atoms with van der Waals surface area (Å²) < 4.78 is 1.11. The van der Waals surface area contributed by atoms with Crippen LogP contribution in [0.25, 0.3) is 10.2 Å². The Morgan fingerprint density at radius 1 is 1.08 bits per heavy atom. The minimum absolute atomic E-state index is 0.0289. The van der Waals surface area contributed by atoms with Crippen molar-refractivity contribution in [3.8, 4) is 0 Å². The van der Waals surface area contributed by atoms with Crippen molar-refractivity contribution >= 4 is 32.6 Å². The molecule has 26 heavy (non-hydrogen) atoms. The predicted molar refractivity (Wildman–Crippen MR) is 108 cm³/mol. The highest BCUT2D eigenvalue weighted by Gasteiger charge is 2.16. The van der Waals surface area contributed by atoms with E-state index in [1.165, 1.54) is 45.2 Å². The largest absolute Gasteiger partial charge is 0.352 e. The number of anilines is 1. The van der Waals surface area contributed by atoms with Crippen molar-refractivity contribution in [2.45, 2.75) is 38.5 Å². The molecule has 5 nitrogen and oxygen atoms in total. The van der Waals surface area contributed by atoms with Crippen molar-refractivity contribution in [3.63, 3.8) is 0 Å². The van der Waals surface area contributed by atoms with E-state index < -0.39 is 0 Å². The van der Waals surface area contributed by atoms with Gasteiger partial charge in [0, 0.05) is 25.2 Å². The standard InChI is InChI=1S/C20H28N4OS/c25-19(21-9-6-12-23-10-4-5-11-23)16-7-8-17-18(15-16)26-20(22-17)24-13-2-1-3-14-24/h7-8,15H,1-6,9-14H2,(H,21,25). The number of rotatable bonds is 6. The third-order valence-electron chi connectivity index (χ3n) is 5.40. The molecule has 0 radical (unpaired) electrons. The number of nitrogens with zero attached hydrogens (tertiary/aromatic N) is 3. The Kier molecular flexibility index (Phi) is 5.70. The van der Waals surface area contributed by atoms with Crippen LogP contribution in [0.2, 0.25) is 0 Å². The molecule has 1 N–H and O–H groups in total. The third kappa shape index (κ3) is 4.18. The predicted octanol–water partition coefficient (Wildman–Crippen LogP) is 3.50. The van der Waals surface area contributed by atoms with Gasteiger partial charge in [-0.15, -0.1) is 0 Å². The highest BCUT2D eigenvalue weighted by Crippen LogP contribution is 2.31. The molecule has 1 amide bonds. The molecular formula is C20H28N4OS. The quantitative estimate of drug-likeness (QED) is 0.789. The number of carbonyl (C=O) groups excluding carboxylic acids is 1. The van der Waals surface area contributed by atoms with Gasteiger partial charge in [0.05, 0.1) is 10.2 Å². The Morgan fingerprint density at radius 2 is 1.85 bits per heavy atom. The lowest BCUT2D eigenvalue weighted by molar-refractivity contribution is 0.0952. The molecular weight excluding hydrogens is 344 g/mol. The van der Waals surface area contributed by atoms with Crippen LogP contribution in [-0.2, 0) is 0 Å². The number of amides is 1. The fraction of sp³-hybridized carbons (Fsp3) is 0.600. The Bertz CT molecular complexity index is 747. The fourth-order valence-electron chi connectivity index (χ4n) is 3.89. The molecule has 0 aliphatic carbocycles. The number of benzene rings is 1. The van der Waals surface area contributed by atoms with Crippen LogP contribution in [0, 0.1) is 0 Å². The molecule has 2 saturated heterocycles. The minimum atomic E-state index is 0.0289. The SMILES string of the molecule is O=C(NCCCN1CCCC1)c1ccc2nc(N3CCCCC3)sc2c1. The average Bonchev–Trinajstić information content (AvgIpc) is 3.34. The Balaban J connectivity index is 1.34. The van der Waals surface area contributed by atoms with Crippen molar-refractivity contribution in [3.05, 3.63) is 23.8 Å². The number of carbonyl (C=O) groups is 1. The molecule has 0 saturated carbocycles. The summed E-state index contributed by atoms with van der Waals surface area (Å²) >= 11 is 1.71. The summed E-state index contributed by atoms with van der Waals surface area (Å²) in [7, 11) is 0. The van der Waals surface area contributed by atoms with Gasteiger partial charge in [-0.2, -0.15) is 0 Å². The molecule has 4 rings (SSSR count). The maximum Gasteiger partial charge on any atom is 0.251 e. The topological polar surface area (TPSA) is 48.5 Å². The van der Waals surface area contributed by atoms with E-state index in [1.54, 1.807) is 11.3 Å². The summed E-state index contributed by atoms with van der Waals surface area (Å²) in [5.74, 6) is 0.0289. The van der Waals surface area contributed by atoms with Crippen molar-refractivity contribution in [1.29, 1.82) is 0 Å². The van der Waals surface area contributed by atoms with Crippen molar-refractivity contribution in [1.82, 2.24) is 15.2 Å². The molecule has 0 bridgehead atoms. The van der Waals surface area contributed by atoms with E-state index in [4.69, 9.17) is 4.98 Å². The van der Waals surface area contributed by atoms with Crippen molar-refractivity contribution < 1.29 is 4.79 Å². The lowest BCUT2D eigenvalue weighted by Crippen LogP contribution is -2.29. The summed E-state index contributed by atoms with van der Waals surface area (Å²) in [6.45, 7) is 6.47. The molecule has 6 heteroatoms. The van der Waals surface area contributed by atoms with Crippen molar-refractivity contribution in [2.24, 2.45) is 0 Å². The first-order chi connectivity index (χ1) is 12.8. The van der Waals surface area contributed by atoms with E-state index in [9.17, 15) is 4.79 Å². The van der Waals surface area contributed by atoms with Crippen LogP contribution >= 0.6 is 11.3 Å². The second kappa shape index (κ2) is 8.35. The van der Waals surface area contributed by atoms with Gasteiger partial charge in [0.2, 0.25) is 0 Å². The van der Waals surface area contributed by atoms with Crippen LogP contribution in [0.15, 0.2) is 18.2 Å². The molecule has 1 aromatic carbocycles. The zero-order chi connectivity index (χ0) is 17.8. The maximum absolute atomic E-state index is 12.4. The van der Waals surface area contributed by atoms with E-state index in [0.29, 0.717) is 0 Å². The first-order valence-electron chi connectivity index (χ1n) is 9.96.